The largest absolute Gasteiger partial charge is 0.367 e. The predicted octanol–water partition coefficient (Wildman–Crippen LogP) is 3.92. The van der Waals surface area contributed by atoms with E-state index >= 15 is 0 Å². The number of carbonyl (C=O) groups is 1. The summed E-state index contributed by atoms with van der Waals surface area (Å²) in [6.45, 7) is 3.02. The number of nitrogens with one attached hydrogen (secondary N) is 3. The van der Waals surface area contributed by atoms with Crippen LogP contribution in [0.15, 0.2) is 72.9 Å². The van der Waals surface area contributed by atoms with Crippen LogP contribution < -0.4 is 16.0 Å². The van der Waals surface area contributed by atoms with Crippen LogP contribution in [0.1, 0.15) is 15.9 Å². The molecule has 3 N–H and O–H groups in total. The molecule has 0 radical (unpaired) electrons. The van der Waals surface area contributed by atoms with Gasteiger partial charge < -0.3 is 16.0 Å². The van der Waals surface area contributed by atoms with Gasteiger partial charge in [0.1, 0.15) is 11.6 Å². The van der Waals surface area contributed by atoms with Crippen molar-refractivity contribution in [3.63, 3.8) is 0 Å². The molecule has 4 rings (SSSR count). The van der Waals surface area contributed by atoms with Crippen LogP contribution in [-0.4, -0.2) is 34.2 Å². The van der Waals surface area contributed by atoms with E-state index in [1.165, 1.54) is 0 Å². The number of fused-ring (bicyclic) bond motifs is 1. The predicted molar refractivity (Wildman–Crippen MR) is 119 cm³/mol. The average Bonchev–Trinajstić information content (AvgIpc) is 2.77. The highest BCUT2D eigenvalue weighted by atomic mass is 16.1. The maximum Gasteiger partial charge on any atom is 0.251 e. The lowest BCUT2D eigenvalue weighted by Crippen LogP contribution is -2.28. The van der Waals surface area contributed by atoms with Crippen molar-refractivity contribution in [1.82, 2.24) is 20.5 Å². The molecule has 4 aromatic rings. The summed E-state index contributed by atoms with van der Waals surface area (Å²) in [5.41, 5.74) is 1.76. The Kier molecular flexibility index (Phi) is 5.80. The average molecular weight is 398 g/mol. The van der Waals surface area contributed by atoms with Crippen LogP contribution in [-0.2, 0) is 0 Å². The van der Waals surface area contributed by atoms with Gasteiger partial charge in [-0.2, -0.15) is 0 Å². The van der Waals surface area contributed by atoms with Crippen molar-refractivity contribution in [2.75, 3.05) is 23.7 Å². The molecule has 0 atom stereocenters. The molecule has 0 aliphatic heterocycles. The van der Waals surface area contributed by atoms with Gasteiger partial charge in [0, 0.05) is 24.8 Å². The Morgan fingerprint density at radius 3 is 2.43 bits per heavy atom. The number of anilines is 3. The van der Waals surface area contributed by atoms with Crippen molar-refractivity contribution in [3.8, 4) is 0 Å². The lowest BCUT2D eigenvalue weighted by atomic mass is 10.1. The fourth-order valence-corrected chi connectivity index (χ4v) is 3.03. The fraction of sp³-hybridized carbons (Fsp3) is 0.130. The first-order valence-corrected chi connectivity index (χ1v) is 9.72. The van der Waals surface area contributed by atoms with Gasteiger partial charge in [-0.15, -0.1) is 10.2 Å². The summed E-state index contributed by atoms with van der Waals surface area (Å²) in [6, 6.07) is 21.2. The van der Waals surface area contributed by atoms with Crippen LogP contribution in [0.2, 0.25) is 0 Å². The number of hydrogen-bond donors (Lipinski definition) is 3. The van der Waals surface area contributed by atoms with E-state index in [-0.39, 0.29) is 5.91 Å². The first kappa shape index (κ1) is 19.3. The molecule has 150 valence electrons. The van der Waals surface area contributed by atoms with Crippen LogP contribution in [0.3, 0.4) is 0 Å². The third-order valence-electron chi connectivity index (χ3n) is 4.56. The zero-order valence-corrected chi connectivity index (χ0v) is 16.6. The Morgan fingerprint density at radius 1 is 0.833 bits per heavy atom. The van der Waals surface area contributed by atoms with Gasteiger partial charge >= 0.3 is 0 Å². The summed E-state index contributed by atoms with van der Waals surface area (Å²) in [4.78, 5) is 16.6. The number of hydrogen-bond acceptors (Lipinski definition) is 6. The Labute approximate surface area is 174 Å². The standard InChI is InChI=1S/C23H22N6O/c1-16-10-11-24-22(14-16)27-21-9-8-20(28-29-21)25-12-13-26-23(30)19-7-6-17-4-2-3-5-18(17)15-19/h2-11,14-15H,12-13H2,1H3,(H,25,28)(H,26,30)(H,24,27,29). The van der Waals surface area contributed by atoms with Crippen molar-refractivity contribution < 1.29 is 4.79 Å². The van der Waals surface area contributed by atoms with Crippen molar-refractivity contribution in [1.29, 1.82) is 0 Å². The van der Waals surface area contributed by atoms with Crippen molar-refractivity contribution >= 4 is 34.1 Å². The Morgan fingerprint density at radius 2 is 1.63 bits per heavy atom. The molecule has 0 bridgehead atoms. The molecular formula is C23H22N6O. The van der Waals surface area contributed by atoms with Gasteiger partial charge in [-0.1, -0.05) is 30.3 Å². The number of pyridine rings is 1. The van der Waals surface area contributed by atoms with Gasteiger partial charge in [0.25, 0.3) is 5.91 Å². The number of nitrogens with zero attached hydrogens (tertiary/aromatic N) is 3. The van der Waals surface area contributed by atoms with E-state index < -0.39 is 0 Å². The second-order valence-electron chi connectivity index (χ2n) is 6.89. The molecule has 2 heterocycles. The quantitative estimate of drug-likeness (QED) is 0.409. The number of amides is 1. The third kappa shape index (κ3) is 4.88. The summed E-state index contributed by atoms with van der Waals surface area (Å²) < 4.78 is 0. The molecule has 0 spiro atoms. The number of aryl methyl sites for hydroxylation is 1. The Bertz CT molecular complexity index is 1160. The fourth-order valence-electron chi connectivity index (χ4n) is 3.03. The van der Waals surface area contributed by atoms with Gasteiger partial charge in [0.05, 0.1) is 0 Å². The lowest BCUT2D eigenvalue weighted by Gasteiger charge is -2.09. The van der Waals surface area contributed by atoms with Crippen molar-refractivity contribution in [2.24, 2.45) is 0 Å². The van der Waals surface area contributed by atoms with Gasteiger partial charge in [-0.3, -0.25) is 4.79 Å². The summed E-state index contributed by atoms with van der Waals surface area (Å²) >= 11 is 0. The minimum Gasteiger partial charge on any atom is -0.367 e. The molecule has 0 saturated heterocycles. The molecule has 0 fully saturated rings. The SMILES string of the molecule is Cc1ccnc(Nc2ccc(NCCNC(=O)c3ccc4ccccc4c3)nn2)c1. The monoisotopic (exact) mass is 398 g/mol. The number of rotatable bonds is 7. The van der Waals surface area contributed by atoms with Gasteiger partial charge in [0.2, 0.25) is 0 Å². The normalized spacial score (nSPS) is 10.6. The second kappa shape index (κ2) is 9.00. The van der Waals surface area contributed by atoms with Crippen LogP contribution >= 0.6 is 0 Å². The highest BCUT2D eigenvalue weighted by Gasteiger charge is 2.06. The maximum atomic E-state index is 12.4. The van der Waals surface area contributed by atoms with E-state index in [4.69, 9.17) is 0 Å². The van der Waals surface area contributed by atoms with Crippen LogP contribution in [0.25, 0.3) is 10.8 Å². The zero-order chi connectivity index (χ0) is 20.8. The topological polar surface area (TPSA) is 91.8 Å². The van der Waals surface area contributed by atoms with Crippen LogP contribution in [0, 0.1) is 6.92 Å². The molecule has 2 aromatic heterocycles. The maximum absolute atomic E-state index is 12.4. The first-order chi connectivity index (χ1) is 14.7. The van der Waals surface area contributed by atoms with Gasteiger partial charge in [-0.05, 0) is 59.7 Å². The molecule has 7 nitrogen and oxygen atoms in total. The molecule has 0 saturated carbocycles. The number of carbonyl (C=O) groups excluding carboxylic acids is 1. The van der Waals surface area contributed by atoms with Gasteiger partial charge in [-0.25, -0.2) is 4.98 Å². The highest BCUT2D eigenvalue weighted by Crippen LogP contribution is 2.16. The third-order valence-corrected chi connectivity index (χ3v) is 4.56. The van der Waals surface area contributed by atoms with Gasteiger partial charge in [0.15, 0.2) is 5.82 Å². The van der Waals surface area contributed by atoms with Crippen LogP contribution in [0.5, 0.6) is 0 Å². The Hall–Kier alpha value is -4.00. The minimum absolute atomic E-state index is 0.0983. The highest BCUT2D eigenvalue weighted by molar-refractivity contribution is 5.98. The lowest BCUT2D eigenvalue weighted by molar-refractivity contribution is 0.0955. The molecular weight excluding hydrogens is 376 g/mol. The summed E-state index contributed by atoms with van der Waals surface area (Å²) in [7, 11) is 0. The molecule has 0 aliphatic rings. The summed E-state index contributed by atoms with van der Waals surface area (Å²) in [5, 5.41) is 19.6. The van der Waals surface area contributed by atoms with E-state index in [1.807, 2.05) is 73.7 Å². The molecule has 30 heavy (non-hydrogen) atoms. The zero-order valence-electron chi connectivity index (χ0n) is 16.6. The van der Waals surface area contributed by atoms with E-state index in [1.54, 1.807) is 6.20 Å². The van der Waals surface area contributed by atoms with E-state index in [0.29, 0.717) is 30.3 Å². The summed E-state index contributed by atoms with van der Waals surface area (Å²) in [6.07, 6.45) is 1.74. The van der Waals surface area contributed by atoms with Crippen LogP contribution in [0.4, 0.5) is 17.5 Å². The van der Waals surface area contributed by atoms with E-state index in [2.05, 4.69) is 31.1 Å². The number of aromatic nitrogens is 3. The molecule has 2 aromatic carbocycles. The molecule has 1 amide bonds. The Balaban J connectivity index is 1.25. The van der Waals surface area contributed by atoms with Crippen molar-refractivity contribution in [2.45, 2.75) is 6.92 Å². The van der Waals surface area contributed by atoms with E-state index in [9.17, 15) is 4.79 Å². The first-order valence-electron chi connectivity index (χ1n) is 9.72. The number of benzene rings is 2. The smallest absolute Gasteiger partial charge is 0.251 e. The summed E-state index contributed by atoms with van der Waals surface area (Å²) in [5.74, 6) is 1.88. The molecule has 7 heteroatoms. The molecule has 0 unspecified atom stereocenters. The van der Waals surface area contributed by atoms with E-state index in [0.717, 1.165) is 22.2 Å². The molecule has 0 aliphatic carbocycles. The minimum atomic E-state index is -0.0983. The van der Waals surface area contributed by atoms with Crippen molar-refractivity contribution in [3.05, 3.63) is 84.1 Å². The second-order valence-corrected chi connectivity index (χ2v) is 6.89.